The lowest BCUT2D eigenvalue weighted by molar-refractivity contribution is -0.118. The highest BCUT2D eigenvalue weighted by Crippen LogP contribution is 2.40. The van der Waals surface area contributed by atoms with E-state index >= 15 is 0 Å². The second-order valence-electron chi connectivity index (χ2n) is 8.37. The van der Waals surface area contributed by atoms with Crippen molar-refractivity contribution >= 4 is 34.5 Å². The van der Waals surface area contributed by atoms with Crippen molar-refractivity contribution in [2.45, 2.75) is 40.0 Å². The molecular weight excluding hydrogens is 360 g/mol. The van der Waals surface area contributed by atoms with Crippen molar-refractivity contribution in [3.8, 4) is 5.75 Å². The monoisotopic (exact) mass is 384 g/mol. The van der Waals surface area contributed by atoms with Gasteiger partial charge >= 0.3 is 0 Å². The van der Waals surface area contributed by atoms with Crippen molar-refractivity contribution in [1.29, 1.82) is 0 Å². The van der Waals surface area contributed by atoms with E-state index in [1.807, 2.05) is 0 Å². The van der Waals surface area contributed by atoms with Crippen molar-refractivity contribution in [3.05, 3.63) is 39.6 Å². The first-order chi connectivity index (χ1) is 12.8. The molecule has 0 bridgehead atoms. The molecule has 2 amide bonds. The van der Waals surface area contributed by atoms with E-state index in [-0.39, 0.29) is 23.8 Å². The molecule has 2 aliphatic rings. The van der Waals surface area contributed by atoms with Gasteiger partial charge in [-0.1, -0.05) is 20.8 Å². The number of carbonyl (C=O) groups excluding carboxylic acids is 2. The van der Waals surface area contributed by atoms with Crippen LogP contribution in [0.5, 0.6) is 5.75 Å². The van der Waals surface area contributed by atoms with Gasteiger partial charge in [0.05, 0.1) is 10.6 Å². The molecule has 0 saturated heterocycles. The molecule has 0 saturated carbocycles. The van der Waals surface area contributed by atoms with Crippen LogP contribution >= 0.6 is 11.3 Å². The van der Waals surface area contributed by atoms with Gasteiger partial charge in [0, 0.05) is 10.6 Å². The van der Waals surface area contributed by atoms with E-state index in [1.54, 1.807) is 29.5 Å². The topological polar surface area (TPSA) is 67.4 Å². The van der Waals surface area contributed by atoms with Gasteiger partial charge in [-0.3, -0.25) is 9.59 Å². The smallest absolute Gasteiger partial charge is 0.265 e. The summed E-state index contributed by atoms with van der Waals surface area (Å²) in [6.07, 6.45) is 3.28. The Morgan fingerprint density at radius 2 is 2.11 bits per heavy atom. The number of fused-ring (bicyclic) bond motifs is 2. The van der Waals surface area contributed by atoms with Gasteiger partial charge in [-0.05, 0) is 60.4 Å². The van der Waals surface area contributed by atoms with Crippen LogP contribution in [-0.4, -0.2) is 18.4 Å². The van der Waals surface area contributed by atoms with Crippen LogP contribution in [0.4, 0.5) is 11.4 Å². The summed E-state index contributed by atoms with van der Waals surface area (Å²) >= 11 is 1.60. The van der Waals surface area contributed by atoms with Crippen LogP contribution in [0.3, 0.4) is 0 Å². The quantitative estimate of drug-likeness (QED) is 0.802. The molecule has 2 heterocycles. The number of carbonyl (C=O) groups is 2. The molecule has 0 radical (unpaired) electrons. The fraction of sp³-hybridized carbons (Fsp3) is 0.429. The molecule has 1 unspecified atom stereocenters. The lowest BCUT2D eigenvalue weighted by Gasteiger charge is -2.33. The number of anilines is 2. The van der Waals surface area contributed by atoms with Gasteiger partial charge in [0.25, 0.3) is 11.8 Å². The van der Waals surface area contributed by atoms with E-state index in [2.05, 4.69) is 37.5 Å². The third kappa shape index (κ3) is 3.72. The van der Waals surface area contributed by atoms with E-state index in [0.717, 1.165) is 17.7 Å². The molecule has 2 N–H and O–H groups in total. The molecule has 2 aromatic rings. The second kappa shape index (κ2) is 6.68. The SMILES string of the molecule is CC(C)(C)C1CCc2sc(C(=O)Nc3ccc4c(c3)NC(=O)CO4)cc2C1. The van der Waals surface area contributed by atoms with E-state index in [9.17, 15) is 9.59 Å². The van der Waals surface area contributed by atoms with Gasteiger partial charge in [-0.15, -0.1) is 11.3 Å². The molecule has 1 aromatic carbocycles. The van der Waals surface area contributed by atoms with Crippen molar-refractivity contribution < 1.29 is 14.3 Å². The predicted molar refractivity (Wildman–Crippen MR) is 108 cm³/mol. The number of amides is 2. The molecule has 4 rings (SSSR count). The van der Waals surface area contributed by atoms with Crippen LogP contribution < -0.4 is 15.4 Å². The number of aryl methyl sites for hydroxylation is 1. The Morgan fingerprint density at radius 1 is 1.30 bits per heavy atom. The summed E-state index contributed by atoms with van der Waals surface area (Å²) in [5.41, 5.74) is 2.84. The Labute approximate surface area is 163 Å². The molecule has 1 aliphatic heterocycles. The van der Waals surface area contributed by atoms with Crippen molar-refractivity contribution in [2.75, 3.05) is 17.2 Å². The number of ether oxygens (including phenoxy) is 1. The highest BCUT2D eigenvalue weighted by molar-refractivity contribution is 7.14. The standard InChI is InChI=1S/C21H24N2O3S/c1-21(2,3)13-4-7-17-12(8-13)9-18(27-17)20(25)22-14-5-6-16-15(10-14)23-19(24)11-26-16/h5-6,9-10,13H,4,7-8,11H2,1-3H3,(H,22,25)(H,23,24). The molecule has 6 heteroatoms. The molecule has 5 nitrogen and oxygen atoms in total. The number of thiophene rings is 1. The molecule has 142 valence electrons. The zero-order valence-corrected chi connectivity index (χ0v) is 16.7. The molecule has 1 aromatic heterocycles. The van der Waals surface area contributed by atoms with Crippen LogP contribution in [0.1, 0.15) is 47.3 Å². The minimum Gasteiger partial charge on any atom is -0.482 e. The summed E-state index contributed by atoms with van der Waals surface area (Å²) in [6, 6.07) is 7.33. The number of hydrogen-bond donors (Lipinski definition) is 2. The van der Waals surface area contributed by atoms with Crippen LogP contribution in [0, 0.1) is 11.3 Å². The molecule has 0 spiro atoms. The van der Waals surface area contributed by atoms with Gasteiger partial charge in [-0.2, -0.15) is 0 Å². The minimum atomic E-state index is -0.190. The minimum absolute atomic E-state index is 0.0228. The third-order valence-electron chi connectivity index (χ3n) is 5.40. The van der Waals surface area contributed by atoms with Crippen LogP contribution in [-0.2, 0) is 17.6 Å². The normalized spacial score (nSPS) is 18.8. The zero-order valence-electron chi connectivity index (χ0n) is 15.8. The van der Waals surface area contributed by atoms with Crippen molar-refractivity contribution in [1.82, 2.24) is 0 Å². The molecule has 1 aliphatic carbocycles. The summed E-state index contributed by atoms with van der Waals surface area (Å²) in [5, 5.41) is 5.70. The van der Waals surface area contributed by atoms with Crippen molar-refractivity contribution in [2.24, 2.45) is 11.3 Å². The van der Waals surface area contributed by atoms with Crippen LogP contribution in [0.2, 0.25) is 0 Å². The fourth-order valence-corrected chi connectivity index (χ4v) is 4.83. The number of rotatable bonds is 2. The van der Waals surface area contributed by atoms with Crippen LogP contribution in [0.25, 0.3) is 0 Å². The largest absolute Gasteiger partial charge is 0.482 e. The maximum Gasteiger partial charge on any atom is 0.265 e. The lowest BCUT2D eigenvalue weighted by atomic mass is 9.72. The Morgan fingerprint density at radius 3 is 2.89 bits per heavy atom. The molecule has 1 atom stereocenters. The zero-order chi connectivity index (χ0) is 19.2. The van der Waals surface area contributed by atoms with E-state index in [0.29, 0.717) is 23.0 Å². The first-order valence-corrected chi connectivity index (χ1v) is 10.1. The lowest BCUT2D eigenvalue weighted by Crippen LogP contribution is -2.26. The maximum atomic E-state index is 12.7. The molecule has 27 heavy (non-hydrogen) atoms. The first kappa shape index (κ1) is 18.0. The highest BCUT2D eigenvalue weighted by Gasteiger charge is 2.30. The van der Waals surface area contributed by atoms with Crippen molar-refractivity contribution in [3.63, 3.8) is 0 Å². The number of benzene rings is 1. The average molecular weight is 385 g/mol. The van der Waals surface area contributed by atoms with Gasteiger partial charge in [0.15, 0.2) is 6.61 Å². The predicted octanol–water partition coefficient (Wildman–Crippen LogP) is 4.48. The number of nitrogens with one attached hydrogen (secondary N) is 2. The van der Waals surface area contributed by atoms with Gasteiger partial charge in [0.1, 0.15) is 5.75 Å². The summed E-state index contributed by atoms with van der Waals surface area (Å²) in [4.78, 5) is 26.3. The van der Waals surface area contributed by atoms with Crippen LogP contribution in [0.15, 0.2) is 24.3 Å². The Kier molecular flexibility index (Phi) is 4.46. The average Bonchev–Trinajstić information content (AvgIpc) is 3.04. The summed E-state index contributed by atoms with van der Waals surface area (Å²) in [6.45, 7) is 6.90. The molecular formula is C21H24N2O3S. The van der Waals surface area contributed by atoms with E-state index in [4.69, 9.17) is 4.74 Å². The fourth-order valence-electron chi connectivity index (χ4n) is 3.73. The summed E-state index contributed by atoms with van der Waals surface area (Å²) in [5.74, 6) is 0.974. The van der Waals surface area contributed by atoms with E-state index in [1.165, 1.54) is 16.9 Å². The van der Waals surface area contributed by atoms with Gasteiger partial charge < -0.3 is 15.4 Å². The van der Waals surface area contributed by atoms with E-state index < -0.39 is 0 Å². The van der Waals surface area contributed by atoms with Gasteiger partial charge in [-0.25, -0.2) is 0 Å². The first-order valence-electron chi connectivity index (χ1n) is 9.29. The third-order valence-corrected chi connectivity index (χ3v) is 6.64. The number of hydrogen-bond acceptors (Lipinski definition) is 4. The maximum absolute atomic E-state index is 12.7. The highest BCUT2D eigenvalue weighted by atomic mass is 32.1. The Bertz CT molecular complexity index is 911. The second-order valence-corrected chi connectivity index (χ2v) is 9.50. The van der Waals surface area contributed by atoms with Gasteiger partial charge in [0.2, 0.25) is 0 Å². The molecule has 0 fully saturated rings. The Hall–Kier alpha value is -2.34. The summed E-state index contributed by atoms with van der Waals surface area (Å²) < 4.78 is 5.35. The Balaban J connectivity index is 1.49. The summed E-state index contributed by atoms with van der Waals surface area (Å²) in [7, 11) is 0.